The molecule has 0 saturated carbocycles. The Balaban J connectivity index is 1.51. The lowest BCUT2D eigenvalue weighted by Crippen LogP contribution is -2.61. The van der Waals surface area contributed by atoms with Crippen molar-refractivity contribution in [2.24, 2.45) is 5.41 Å². The van der Waals surface area contributed by atoms with Gasteiger partial charge < -0.3 is 30.6 Å². The van der Waals surface area contributed by atoms with Crippen LogP contribution in [-0.4, -0.2) is 84.8 Å². The molecule has 0 aliphatic carbocycles. The van der Waals surface area contributed by atoms with Gasteiger partial charge in [-0.25, -0.2) is 9.97 Å². The fraction of sp³-hybridized carbons (Fsp3) is 0.444. The Kier molecular flexibility index (Phi) is 8.39. The lowest BCUT2D eigenvalue weighted by Gasteiger charge is -2.54. The van der Waals surface area contributed by atoms with Crippen molar-refractivity contribution in [1.29, 1.82) is 5.41 Å². The number of piperidine rings is 2. The van der Waals surface area contributed by atoms with Crippen LogP contribution >= 0.6 is 0 Å². The molecule has 0 radical (unpaired) electrons. The summed E-state index contributed by atoms with van der Waals surface area (Å²) in [5.74, 6) is 2.77. The molecular weight excluding hydrogens is 562 g/mol. The van der Waals surface area contributed by atoms with Gasteiger partial charge in [0.2, 0.25) is 5.91 Å². The topological polar surface area (TPSA) is 112 Å². The predicted molar refractivity (Wildman–Crippen MR) is 183 cm³/mol. The molecule has 9 nitrogen and oxygen atoms in total. The Labute approximate surface area is 266 Å². The molecule has 0 bridgehead atoms. The maximum Gasteiger partial charge on any atom is 0.245 e. The lowest BCUT2D eigenvalue weighted by atomic mass is 9.72. The molecule has 3 aliphatic rings. The van der Waals surface area contributed by atoms with Gasteiger partial charge in [0.15, 0.2) is 5.75 Å². The predicted octanol–water partition coefficient (Wildman–Crippen LogP) is 5.65. The number of benzene rings is 2. The summed E-state index contributed by atoms with van der Waals surface area (Å²) in [6.45, 7) is 17.7. The molecule has 45 heavy (non-hydrogen) atoms. The van der Waals surface area contributed by atoms with E-state index in [0.717, 1.165) is 110 Å². The number of anilines is 2. The number of rotatable bonds is 8. The van der Waals surface area contributed by atoms with Gasteiger partial charge >= 0.3 is 0 Å². The molecule has 3 saturated heterocycles. The number of aromatic nitrogens is 2. The first kappa shape index (κ1) is 30.8. The standard InChI is InChI=1S/C36H45N7O2/c1-6-24-19-26-32(33(45-8-3)31(24)30-23(4)9-10-28(38)27(30)20-37)39-34(25-11-15-41(5)16-12-25)40-35(26)42-17-13-36(14-18-42)21-43(22-36)29(44)7-2/h6-7,9-10,19-20,25,37H,1-2,8,11-18,21-22,38H2,3-5H3. The van der Waals surface area contributed by atoms with Crippen molar-refractivity contribution in [2.75, 3.05) is 63.6 Å². The minimum Gasteiger partial charge on any atom is -0.491 e. The number of likely N-dealkylation sites (tertiary alicyclic amines) is 2. The fourth-order valence-electron chi connectivity index (χ4n) is 7.44. The summed E-state index contributed by atoms with van der Waals surface area (Å²) in [5.41, 5.74) is 12.2. The number of carbonyl (C=O) groups excluding carboxylic acids is 1. The summed E-state index contributed by atoms with van der Waals surface area (Å²) >= 11 is 0. The maximum atomic E-state index is 12.2. The molecule has 1 aromatic heterocycles. The zero-order chi connectivity index (χ0) is 31.9. The molecule has 3 N–H and O–H groups in total. The molecule has 3 fully saturated rings. The van der Waals surface area contributed by atoms with Crippen LogP contribution in [0.1, 0.15) is 61.0 Å². The normalized spacial score (nSPS) is 18.6. The zero-order valence-corrected chi connectivity index (χ0v) is 26.9. The minimum absolute atomic E-state index is 0.0189. The molecule has 236 valence electrons. The van der Waals surface area contributed by atoms with Crippen molar-refractivity contribution in [3.63, 3.8) is 0 Å². The highest BCUT2D eigenvalue weighted by molar-refractivity contribution is 6.06. The van der Waals surface area contributed by atoms with E-state index in [1.807, 2.05) is 37.0 Å². The third kappa shape index (κ3) is 5.47. The molecular formula is C36H45N7O2. The smallest absolute Gasteiger partial charge is 0.245 e. The van der Waals surface area contributed by atoms with E-state index in [2.05, 4.69) is 36.1 Å². The average Bonchev–Trinajstić information content (AvgIpc) is 3.04. The number of nitrogens with one attached hydrogen (secondary N) is 1. The zero-order valence-electron chi connectivity index (χ0n) is 26.9. The molecule has 1 amide bonds. The number of nitrogens with zero attached hydrogens (tertiary/aromatic N) is 5. The van der Waals surface area contributed by atoms with E-state index in [0.29, 0.717) is 23.6 Å². The molecule has 1 spiro atoms. The van der Waals surface area contributed by atoms with E-state index in [-0.39, 0.29) is 17.2 Å². The summed E-state index contributed by atoms with van der Waals surface area (Å²) in [6.07, 6.45) is 8.60. The number of fused-ring (bicyclic) bond motifs is 1. The van der Waals surface area contributed by atoms with Crippen molar-refractivity contribution in [1.82, 2.24) is 19.8 Å². The Morgan fingerprint density at radius 3 is 2.47 bits per heavy atom. The average molecular weight is 608 g/mol. The second-order valence-electron chi connectivity index (χ2n) is 13.0. The first-order valence-electron chi connectivity index (χ1n) is 16.1. The summed E-state index contributed by atoms with van der Waals surface area (Å²) in [6, 6.07) is 5.99. The number of aryl methyl sites for hydroxylation is 1. The molecule has 2 aromatic carbocycles. The van der Waals surface area contributed by atoms with E-state index in [4.69, 9.17) is 25.8 Å². The van der Waals surface area contributed by atoms with Crippen molar-refractivity contribution in [3.05, 3.63) is 59.9 Å². The maximum absolute atomic E-state index is 12.2. The van der Waals surface area contributed by atoms with Crippen LogP contribution < -0.4 is 15.4 Å². The lowest BCUT2D eigenvalue weighted by molar-refractivity contribution is -0.139. The Hall–Kier alpha value is -4.24. The largest absolute Gasteiger partial charge is 0.491 e. The molecule has 4 heterocycles. The Bertz CT molecular complexity index is 1660. The van der Waals surface area contributed by atoms with E-state index in [1.54, 1.807) is 0 Å². The molecule has 0 atom stereocenters. The Morgan fingerprint density at radius 1 is 1.13 bits per heavy atom. The molecule has 3 aliphatic heterocycles. The van der Waals surface area contributed by atoms with E-state index in [9.17, 15) is 4.79 Å². The second kappa shape index (κ2) is 12.3. The van der Waals surface area contributed by atoms with Crippen molar-refractivity contribution in [3.8, 4) is 16.9 Å². The fourth-order valence-corrected chi connectivity index (χ4v) is 7.44. The third-order valence-corrected chi connectivity index (χ3v) is 10.1. The summed E-state index contributed by atoms with van der Waals surface area (Å²) in [5, 5.41) is 9.20. The number of ether oxygens (including phenoxy) is 1. The molecule has 9 heteroatoms. The van der Waals surface area contributed by atoms with Gasteiger partial charge in [0.1, 0.15) is 17.2 Å². The van der Waals surface area contributed by atoms with Crippen LogP contribution in [0.4, 0.5) is 11.5 Å². The summed E-state index contributed by atoms with van der Waals surface area (Å²) in [7, 11) is 2.17. The van der Waals surface area contributed by atoms with Crippen LogP contribution in [0.2, 0.25) is 0 Å². The Morgan fingerprint density at radius 2 is 1.84 bits per heavy atom. The number of hydrogen-bond acceptors (Lipinski definition) is 8. The van der Waals surface area contributed by atoms with Crippen LogP contribution in [0.5, 0.6) is 5.75 Å². The van der Waals surface area contributed by atoms with Crippen molar-refractivity contribution < 1.29 is 9.53 Å². The van der Waals surface area contributed by atoms with E-state index >= 15 is 0 Å². The second-order valence-corrected chi connectivity index (χ2v) is 13.0. The molecule has 6 rings (SSSR count). The van der Waals surface area contributed by atoms with Gasteiger partial charge in [-0.1, -0.05) is 25.3 Å². The van der Waals surface area contributed by atoms with Crippen molar-refractivity contribution >= 4 is 40.6 Å². The third-order valence-electron chi connectivity index (χ3n) is 10.1. The van der Waals surface area contributed by atoms with Gasteiger partial charge in [-0.15, -0.1) is 0 Å². The highest BCUT2D eigenvalue weighted by Gasteiger charge is 2.46. The molecule has 0 unspecified atom stereocenters. The van der Waals surface area contributed by atoms with Crippen LogP contribution in [0, 0.1) is 17.7 Å². The van der Waals surface area contributed by atoms with Gasteiger partial charge in [0, 0.05) is 65.9 Å². The highest BCUT2D eigenvalue weighted by Crippen LogP contribution is 2.47. The first-order chi connectivity index (χ1) is 21.7. The number of nitrogens with two attached hydrogens (primary N) is 1. The van der Waals surface area contributed by atoms with Crippen LogP contribution in [0.15, 0.2) is 37.4 Å². The van der Waals surface area contributed by atoms with Crippen LogP contribution in [0.3, 0.4) is 0 Å². The molecule has 3 aromatic rings. The SMILES string of the molecule is C=CC(=O)N1CC2(CCN(c3nc(C4CCN(C)CC4)nc4c(OCC)c(-c5c(C)ccc(N)c5C=N)c(C=C)cc34)CC2)C1. The van der Waals surface area contributed by atoms with Crippen LogP contribution in [0.25, 0.3) is 28.1 Å². The van der Waals surface area contributed by atoms with Gasteiger partial charge in [0.25, 0.3) is 0 Å². The van der Waals surface area contributed by atoms with E-state index in [1.165, 1.54) is 12.3 Å². The number of nitrogen functional groups attached to an aromatic ring is 1. The van der Waals surface area contributed by atoms with Crippen LogP contribution in [-0.2, 0) is 4.79 Å². The number of carbonyl (C=O) groups is 1. The van der Waals surface area contributed by atoms with E-state index < -0.39 is 0 Å². The number of hydrogen-bond donors (Lipinski definition) is 2. The monoisotopic (exact) mass is 607 g/mol. The number of amides is 1. The summed E-state index contributed by atoms with van der Waals surface area (Å²) < 4.78 is 6.52. The van der Waals surface area contributed by atoms with Gasteiger partial charge in [0.05, 0.1) is 6.61 Å². The van der Waals surface area contributed by atoms with Gasteiger partial charge in [-0.3, -0.25) is 4.79 Å². The highest BCUT2D eigenvalue weighted by atomic mass is 16.5. The van der Waals surface area contributed by atoms with Gasteiger partial charge in [-0.2, -0.15) is 0 Å². The first-order valence-corrected chi connectivity index (χ1v) is 16.1. The van der Waals surface area contributed by atoms with Gasteiger partial charge in [-0.05, 0) is 94.6 Å². The summed E-state index contributed by atoms with van der Waals surface area (Å²) in [4.78, 5) is 29.5. The quantitative estimate of drug-likeness (QED) is 0.193. The van der Waals surface area contributed by atoms with Crippen molar-refractivity contribution in [2.45, 2.75) is 45.4 Å². The minimum atomic E-state index is 0.0189.